The van der Waals surface area contributed by atoms with Gasteiger partial charge in [-0.05, 0) is 49.1 Å². The number of hydrogen-bond acceptors (Lipinski definition) is 4. The molecular formula is C21H27NO4S. The molecule has 0 aliphatic heterocycles. The van der Waals surface area contributed by atoms with Crippen molar-refractivity contribution < 1.29 is 17.9 Å². The molecule has 0 bridgehead atoms. The molecule has 0 spiro atoms. The molecule has 0 aliphatic rings. The summed E-state index contributed by atoms with van der Waals surface area (Å²) in [5.41, 5.74) is 1.84. The Kier molecular flexibility index (Phi) is 7.02. The number of para-hydroxylation sites is 1. The summed E-state index contributed by atoms with van der Waals surface area (Å²) in [6, 6.07) is 14.0. The van der Waals surface area contributed by atoms with Crippen LogP contribution < -0.4 is 10.1 Å². The highest BCUT2D eigenvalue weighted by molar-refractivity contribution is 7.90. The summed E-state index contributed by atoms with van der Waals surface area (Å²) in [7, 11) is -3.24. The molecule has 0 radical (unpaired) electrons. The zero-order valence-corrected chi connectivity index (χ0v) is 17.0. The van der Waals surface area contributed by atoms with E-state index in [2.05, 4.69) is 5.32 Å². The van der Waals surface area contributed by atoms with E-state index in [0.29, 0.717) is 18.6 Å². The summed E-state index contributed by atoms with van der Waals surface area (Å²) in [5.74, 6) is 0.518. The van der Waals surface area contributed by atoms with Crippen LogP contribution in [0.25, 0.3) is 0 Å². The van der Waals surface area contributed by atoms with Crippen molar-refractivity contribution in [3.63, 3.8) is 0 Å². The van der Waals surface area contributed by atoms with Crippen molar-refractivity contribution in [2.24, 2.45) is 0 Å². The van der Waals surface area contributed by atoms with E-state index in [1.54, 1.807) is 24.3 Å². The Morgan fingerprint density at radius 3 is 2.19 bits per heavy atom. The van der Waals surface area contributed by atoms with Crippen molar-refractivity contribution in [3.05, 3.63) is 59.7 Å². The highest BCUT2D eigenvalue weighted by atomic mass is 32.2. The van der Waals surface area contributed by atoms with Crippen molar-refractivity contribution in [1.29, 1.82) is 0 Å². The number of carbonyl (C=O) groups excluding carboxylic acids is 1. The first-order valence-electron chi connectivity index (χ1n) is 9.09. The van der Waals surface area contributed by atoms with E-state index in [4.69, 9.17) is 4.74 Å². The Bertz CT molecular complexity index is 875. The minimum absolute atomic E-state index is 0.181. The number of amides is 1. The van der Waals surface area contributed by atoms with Crippen molar-refractivity contribution >= 4 is 15.7 Å². The van der Waals surface area contributed by atoms with E-state index in [1.807, 2.05) is 45.0 Å². The van der Waals surface area contributed by atoms with Gasteiger partial charge in [0, 0.05) is 6.26 Å². The maximum Gasteiger partial charge on any atom is 0.261 e. The summed E-state index contributed by atoms with van der Waals surface area (Å²) < 4.78 is 29.1. The fourth-order valence-corrected chi connectivity index (χ4v) is 3.43. The first-order valence-corrected chi connectivity index (χ1v) is 11.0. The van der Waals surface area contributed by atoms with Gasteiger partial charge in [-0.1, -0.05) is 44.2 Å². The molecule has 0 aliphatic carbocycles. The fourth-order valence-electron chi connectivity index (χ4n) is 2.80. The first kappa shape index (κ1) is 21.0. The molecule has 5 nitrogen and oxygen atoms in total. The van der Waals surface area contributed by atoms with Crippen molar-refractivity contribution in [2.75, 3.05) is 6.26 Å². The van der Waals surface area contributed by atoms with Gasteiger partial charge >= 0.3 is 0 Å². The molecule has 27 heavy (non-hydrogen) atoms. The number of nitrogens with one attached hydrogen (secondary N) is 1. The SMILES string of the molecule is CC[C@H](Oc1ccccc1C)C(=O)N[C@@H](CC)c1ccc(S(C)(=O)=O)cc1. The maximum atomic E-state index is 12.7. The molecule has 0 saturated heterocycles. The van der Waals surface area contributed by atoms with Crippen molar-refractivity contribution in [2.45, 2.75) is 50.7 Å². The van der Waals surface area contributed by atoms with Gasteiger partial charge in [-0.25, -0.2) is 8.42 Å². The van der Waals surface area contributed by atoms with E-state index in [-0.39, 0.29) is 16.8 Å². The van der Waals surface area contributed by atoms with Crippen LogP contribution in [0.2, 0.25) is 0 Å². The zero-order chi connectivity index (χ0) is 20.0. The van der Waals surface area contributed by atoms with Gasteiger partial charge < -0.3 is 10.1 Å². The highest BCUT2D eigenvalue weighted by Gasteiger charge is 2.22. The van der Waals surface area contributed by atoms with Gasteiger partial charge in [0.25, 0.3) is 5.91 Å². The number of ether oxygens (including phenoxy) is 1. The molecule has 1 amide bonds. The maximum absolute atomic E-state index is 12.7. The topological polar surface area (TPSA) is 72.5 Å². The van der Waals surface area contributed by atoms with Crippen LogP contribution in [0.4, 0.5) is 0 Å². The molecule has 6 heteroatoms. The number of rotatable bonds is 8. The second-order valence-electron chi connectivity index (χ2n) is 6.59. The lowest BCUT2D eigenvalue weighted by Crippen LogP contribution is -2.40. The van der Waals surface area contributed by atoms with Gasteiger partial charge in [0.05, 0.1) is 10.9 Å². The van der Waals surface area contributed by atoms with E-state index in [0.717, 1.165) is 11.1 Å². The van der Waals surface area contributed by atoms with E-state index < -0.39 is 15.9 Å². The molecular weight excluding hydrogens is 362 g/mol. The molecule has 2 aromatic rings. The van der Waals surface area contributed by atoms with Crippen LogP contribution in [0.5, 0.6) is 5.75 Å². The van der Waals surface area contributed by atoms with Crippen molar-refractivity contribution in [3.8, 4) is 5.75 Å². The Morgan fingerprint density at radius 2 is 1.67 bits per heavy atom. The number of sulfone groups is 1. The Labute approximate surface area is 161 Å². The number of benzene rings is 2. The van der Waals surface area contributed by atoms with Gasteiger partial charge in [0.2, 0.25) is 0 Å². The molecule has 0 saturated carbocycles. The van der Waals surface area contributed by atoms with Gasteiger partial charge in [-0.3, -0.25) is 4.79 Å². The molecule has 0 aromatic heterocycles. The van der Waals surface area contributed by atoms with Crippen LogP contribution in [-0.4, -0.2) is 26.7 Å². The first-order chi connectivity index (χ1) is 12.8. The normalized spacial score (nSPS) is 13.6. The van der Waals surface area contributed by atoms with E-state index >= 15 is 0 Å². The van der Waals surface area contributed by atoms with Gasteiger partial charge in [-0.2, -0.15) is 0 Å². The Morgan fingerprint density at radius 1 is 1.04 bits per heavy atom. The predicted octanol–water partition coefficient (Wildman–Crippen LogP) is 3.82. The largest absolute Gasteiger partial charge is 0.480 e. The highest BCUT2D eigenvalue weighted by Crippen LogP contribution is 2.22. The van der Waals surface area contributed by atoms with Crippen LogP contribution in [0.3, 0.4) is 0 Å². The zero-order valence-electron chi connectivity index (χ0n) is 16.2. The van der Waals surface area contributed by atoms with Crippen LogP contribution in [-0.2, 0) is 14.6 Å². The summed E-state index contributed by atoms with van der Waals surface area (Å²) >= 11 is 0. The van der Waals surface area contributed by atoms with E-state index in [9.17, 15) is 13.2 Å². The van der Waals surface area contributed by atoms with Gasteiger partial charge in [0.1, 0.15) is 5.75 Å². The van der Waals surface area contributed by atoms with Crippen LogP contribution in [0.1, 0.15) is 43.9 Å². The third-order valence-electron chi connectivity index (χ3n) is 4.46. The van der Waals surface area contributed by atoms with Crippen LogP contribution >= 0.6 is 0 Å². The summed E-state index contributed by atoms with van der Waals surface area (Å²) in [6.07, 6.45) is 1.82. The average molecular weight is 390 g/mol. The average Bonchev–Trinajstić information content (AvgIpc) is 2.64. The molecule has 2 aromatic carbocycles. The predicted molar refractivity (Wildman–Crippen MR) is 107 cm³/mol. The van der Waals surface area contributed by atoms with Crippen molar-refractivity contribution in [1.82, 2.24) is 5.32 Å². The lowest BCUT2D eigenvalue weighted by molar-refractivity contribution is -0.129. The summed E-state index contributed by atoms with van der Waals surface area (Å²) in [4.78, 5) is 13.0. The minimum Gasteiger partial charge on any atom is -0.480 e. The third-order valence-corrected chi connectivity index (χ3v) is 5.59. The Hall–Kier alpha value is -2.34. The Balaban J connectivity index is 2.11. The smallest absolute Gasteiger partial charge is 0.261 e. The van der Waals surface area contributed by atoms with Gasteiger partial charge in [-0.15, -0.1) is 0 Å². The second kappa shape index (κ2) is 9.04. The van der Waals surface area contributed by atoms with Gasteiger partial charge in [0.15, 0.2) is 15.9 Å². The number of aryl methyl sites for hydroxylation is 1. The monoisotopic (exact) mass is 389 g/mol. The molecule has 2 atom stereocenters. The lowest BCUT2D eigenvalue weighted by atomic mass is 10.0. The molecule has 146 valence electrons. The fraction of sp³-hybridized carbons (Fsp3) is 0.381. The molecule has 0 heterocycles. The number of carbonyl (C=O) groups is 1. The summed E-state index contributed by atoms with van der Waals surface area (Å²) in [5, 5.41) is 3.02. The molecule has 2 rings (SSSR count). The summed E-state index contributed by atoms with van der Waals surface area (Å²) in [6.45, 7) is 5.82. The molecule has 0 fully saturated rings. The van der Waals surface area contributed by atoms with Crippen LogP contribution in [0.15, 0.2) is 53.4 Å². The second-order valence-corrected chi connectivity index (χ2v) is 8.61. The molecule has 1 N–H and O–H groups in total. The third kappa shape index (κ3) is 5.57. The molecule has 0 unspecified atom stereocenters. The quantitative estimate of drug-likeness (QED) is 0.745. The lowest BCUT2D eigenvalue weighted by Gasteiger charge is -2.23. The van der Waals surface area contributed by atoms with Crippen LogP contribution in [0, 0.1) is 6.92 Å². The van der Waals surface area contributed by atoms with E-state index in [1.165, 1.54) is 6.26 Å². The number of hydrogen-bond donors (Lipinski definition) is 1. The minimum atomic E-state index is -3.24. The standard InChI is InChI=1S/C21H27NO4S/c1-5-18(16-11-13-17(14-12-16)27(4,24)25)22-21(23)19(6-2)26-20-10-8-7-9-15(20)3/h7-14,18-19H,5-6H2,1-4H3,(H,22,23)/t18-,19-/m0/s1.